The molecule has 1 aliphatic rings. The highest BCUT2D eigenvalue weighted by Crippen LogP contribution is 2.44. The fraction of sp³-hybridized carbons (Fsp3) is 0.647. The van der Waals surface area contributed by atoms with E-state index in [1.54, 1.807) is 0 Å². The van der Waals surface area contributed by atoms with E-state index >= 15 is 0 Å². The lowest BCUT2D eigenvalue weighted by Gasteiger charge is -2.29. The first-order valence-corrected chi connectivity index (χ1v) is 8.42. The number of ether oxygens (including phenoxy) is 4. The van der Waals surface area contributed by atoms with E-state index in [1.807, 2.05) is 19.1 Å². The van der Waals surface area contributed by atoms with Gasteiger partial charge < -0.3 is 18.9 Å². The lowest BCUT2D eigenvalue weighted by molar-refractivity contribution is -0.168. The third-order valence-electron chi connectivity index (χ3n) is 3.59. The summed E-state index contributed by atoms with van der Waals surface area (Å²) in [7, 11) is 0. The fourth-order valence-corrected chi connectivity index (χ4v) is 2.71. The zero-order valence-corrected chi connectivity index (χ0v) is 14.4. The van der Waals surface area contributed by atoms with E-state index in [9.17, 15) is 0 Å². The average Bonchev–Trinajstić information content (AvgIpc) is 3.02. The number of benzene rings is 1. The van der Waals surface area contributed by atoms with E-state index in [0.29, 0.717) is 43.6 Å². The van der Waals surface area contributed by atoms with Crippen LogP contribution < -0.4 is 9.47 Å². The third-order valence-corrected chi connectivity index (χ3v) is 3.88. The summed E-state index contributed by atoms with van der Waals surface area (Å²) in [6.07, 6.45) is 2.55. The molecule has 0 unspecified atom stereocenters. The van der Waals surface area contributed by atoms with Crippen LogP contribution >= 0.6 is 11.6 Å². The fourth-order valence-electron chi connectivity index (χ4n) is 2.49. The van der Waals surface area contributed by atoms with Gasteiger partial charge in [-0.15, -0.1) is 0 Å². The van der Waals surface area contributed by atoms with Gasteiger partial charge in [-0.25, -0.2) is 0 Å². The summed E-state index contributed by atoms with van der Waals surface area (Å²) in [5, 5.41) is 0.555. The van der Waals surface area contributed by atoms with E-state index in [4.69, 9.17) is 30.5 Å². The van der Waals surface area contributed by atoms with Gasteiger partial charge in [0.05, 0.1) is 37.0 Å². The smallest absolute Gasteiger partial charge is 0.198 e. The van der Waals surface area contributed by atoms with Crippen LogP contribution in [0.1, 0.15) is 45.6 Å². The van der Waals surface area contributed by atoms with E-state index in [1.165, 1.54) is 0 Å². The van der Waals surface area contributed by atoms with Crippen molar-refractivity contribution in [3.05, 3.63) is 22.7 Å². The SMILES string of the molecule is CCCOc1cc(OCCC)c(C2(CC)OCCO2)cc1Cl. The lowest BCUT2D eigenvalue weighted by Crippen LogP contribution is -2.27. The van der Waals surface area contributed by atoms with Crippen LogP contribution in [0.2, 0.25) is 5.02 Å². The van der Waals surface area contributed by atoms with Gasteiger partial charge in [-0.3, -0.25) is 0 Å². The first-order valence-electron chi connectivity index (χ1n) is 8.04. The van der Waals surface area contributed by atoms with Crippen LogP contribution in [-0.4, -0.2) is 26.4 Å². The minimum Gasteiger partial charge on any atom is -0.493 e. The minimum absolute atomic E-state index is 0.555. The summed E-state index contributed by atoms with van der Waals surface area (Å²) in [4.78, 5) is 0. The van der Waals surface area contributed by atoms with Crippen LogP contribution in [0, 0.1) is 0 Å². The maximum atomic E-state index is 6.38. The van der Waals surface area contributed by atoms with Gasteiger partial charge in [-0.2, -0.15) is 0 Å². The molecule has 22 heavy (non-hydrogen) atoms. The van der Waals surface area contributed by atoms with Crippen molar-refractivity contribution in [3.63, 3.8) is 0 Å². The summed E-state index contributed by atoms with van der Waals surface area (Å²) in [6.45, 7) is 8.56. The Morgan fingerprint density at radius 1 is 1.00 bits per heavy atom. The molecule has 0 amide bonds. The monoisotopic (exact) mass is 328 g/mol. The van der Waals surface area contributed by atoms with E-state index in [0.717, 1.165) is 24.2 Å². The van der Waals surface area contributed by atoms with Gasteiger partial charge in [0.25, 0.3) is 0 Å². The topological polar surface area (TPSA) is 36.9 Å². The summed E-state index contributed by atoms with van der Waals surface area (Å²) < 4.78 is 23.3. The Labute approximate surface area is 137 Å². The molecule has 1 fully saturated rings. The van der Waals surface area contributed by atoms with E-state index in [-0.39, 0.29) is 0 Å². The summed E-state index contributed by atoms with van der Waals surface area (Å²) in [6, 6.07) is 3.71. The molecule has 2 rings (SSSR count). The molecule has 1 saturated heterocycles. The third kappa shape index (κ3) is 3.67. The Morgan fingerprint density at radius 3 is 2.14 bits per heavy atom. The zero-order chi connectivity index (χ0) is 16.0. The van der Waals surface area contributed by atoms with Crippen molar-refractivity contribution in [3.8, 4) is 11.5 Å². The summed E-state index contributed by atoms with van der Waals surface area (Å²) >= 11 is 6.38. The molecule has 0 saturated carbocycles. The van der Waals surface area contributed by atoms with Gasteiger partial charge in [-0.05, 0) is 18.9 Å². The minimum atomic E-state index is -0.768. The molecular formula is C17H25ClO4. The second-order valence-corrected chi connectivity index (χ2v) is 5.69. The van der Waals surface area contributed by atoms with Crippen molar-refractivity contribution in [2.75, 3.05) is 26.4 Å². The molecule has 4 nitrogen and oxygen atoms in total. The second kappa shape index (κ2) is 8.04. The Balaban J connectivity index is 2.39. The van der Waals surface area contributed by atoms with Crippen LogP contribution in [-0.2, 0) is 15.3 Å². The number of halogens is 1. The zero-order valence-electron chi connectivity index (χ0n) is 13.6. The first kappa shape index (κ1) is 17.4. The van der Waals surface area contributed by atoms with Gasteiger partial charge in [0.1, 0.15) is 11.5 Å². The number of hydrogen-bond donors (Lipinski definition) is 0. The molecule has 0 radical (unpaired) electrons. The molecule has 0 atom stereocenters. The highest BCUT2D eigenvalue weighted by Gasteiger charge is 2.40. The Morgan fingerprint density at radius 2 is 1.59 bits per heavy atom. The highest BCUT2D eigenvalue weighted by atomic mass is 35.5. The Bertz CT molecular complexity index is 484. The van der Waals surface area contributed by atoms with Crippen molar-refractivity contribution in [2.24, 2.45) is 0 Å². The maximum Gasteiger partial charge on any atom is 0.198 e. The molecule has 0 aliphatic carbocycles. The van der Waals surface area contributed by atoms with Gasteiger partial charge in [0.15, 0.2) is 5.79 Å². The van der Waals surface area contributed by atoms with Crippen LogP contribution in [0.4, 0.5) is 0 Å². The molecule has 1 heterocycles. The van der Waals surface area contributed by atoms with Crippen LogP contribution in [0.5, 0.6) is 11.5 Å². The normalized spacial score (nSPS) is 16.7. The average molecular weight is 329 g/mol. The molecule has 0 N–H and O–H groups in total. The van der Waals surface area contributed by atoms with Gasteiger partial charge in [-0.1, -0.05) is 32.4 Å². The van der Waals surface area contributed by atoms with Crippen molar-refractivity contribution in [1.29, 1.82) is 0 Å². The number of hydrogen-bond acceptors (Lipinski definition) is 4. The second-order valence-electron chi connectivity index (χ2n) is 5.28. The quantitative estimate of drug-likeness (QED) is 0.702. The molecule has 0 bridgehead atoms. The molecule has 1 aromatic rings. The van der Waals surface area contributed by atoms with Crippen LogP contribution in [0.3, 0.4) is 0 Å². The largest absolute Gasteiger partial charge is 0.493 e. The standard InChI is InChI=1S/C17H25ClO4/c1-4-7-19-15-12-16(20-8-5-2)14(18)11-13(15)17(6-3)21-9-10-22-17/h11-12H,4-10H2,1-3H3. The van der Waals surface area contributed by atoms with Crippen molar-refractivity contribution >= 4 is 11.6 Å². The summed E-state index contributed by atoms with van der Waals surface area (Å²) in [5.41, 5.74) is 0.842. The van der Waals surface area contributed by atoms with Crippen LogP contribution in [0.25, 0.3) is 0 Å². The molecule has 1 aromatic carbocycles. The van der Waals surface area contributed by atoms with Gasteiger partial charge in [0, 0.05) is 12.5 Å². The Hall–Kier alpha value is -0.970. The predicted octanol–water partition coefficient (Wildman–Crippen LogP) is 4.53. The van der Waals surface area contributed by atoms with Crippen molar-refractivity contribution in [1.82, 2.24) is 0 Å². The molecule has 5 heteroatoms. The van der Waals surface area contributed by atoms with Crippen LogP contribution in [0.15, 0.2) is 12.1 Å². The maximum absolute atomic E-state index is 6.38. The molecule has 124 valence electrons. The summed E-state index contributed by atoms with van der Waals surface area (Å²) in [5.74, 6) is 0.597. The van der Waals surface area contributed by atoms with Crippen molar-refractivity contribution in [2.45, 2.75) is 45.8 Å². The molecular weight excluding hydrogens is 304 g/mol. The molecule has 0 spiro atoms. The van der Waals surface area contributed by atoms with E-state index < -0.39 is 5.79 Å². The van der Waals surface area contributed by atoms with Crippen molar-refractivity contribution < 1.29 is 18.9 Å². The number of rotatable bonds is 8. The molecule has 1 aliphatic heterocycles. The van der Waals surface area contributed by atoms with Gasteiger partial charge in [0.2, 0.25) is 0 Å². The predicted molar refractivity (Wildman–Crippen MR) is 86.9 cm³/mol. The van der Waals surface area contributed by atoms with Gasteiger partial charge >= 0.3 is 0 Å². The Kier molecular flexibility index (Phi) is 6.36. The van der Waals surface area contributed by atoms with E-state index in [2.05, 4.69) is 13.8 Å². The highest BCUT2D eigenvalue weighted by molar-refractivity contribution is 6.32. The lowest BCUT2D eigenvalue weighted by atomic mass is 10.0. The first-order chi connectivity index (χ1) is 10.7. The molecule has 0 aromatic heterocycles.